The number of nitrogens with one attached hydrogen (secondary N) is 2. The predicted octanol–water partition coefficient (Wildman–Crippen LogP) is 3.42. The van der Waals surface area contributed by atoms with Crippen molar-refractivity contribution in [1.82, 2.24) is 29.9 Å². The molecule has 2 aliphatic carbocycles. The summed E-state index contributed by atoms with van der Waals surface area (Å²) < 4.78 is 22.7. The highest BCUT2D eigenvalue weighted by Crippen LogP contribution is 2.51. The van der Waals surface area contributed by atoms with Gasteiger partial charge in [-0.05, 0) is 69.4 Å². The van der Waals surface area contributed by atoms with E-state index in [0.717, 1.165) is 25.7 Å². The monoisotopic (exact) mass is 509 g/mol. The minimum atomic E-state index is -0.678. The molecule has 11 heteroatoms. The Morgan fingerprint density at radius 2 is 1.86 bits per heavy atom. The number of anilines is 1. The van der Waals surface area contributed by atoms with E-state index in [1.807, 2.05) is 13.8 Å². The lowest BCUT2D eigenvalue weighted by molar-refractivity contribution is -0.119. The summed E-state index contributed by atoms with van der Waals surface area (Å²) in [5, 5.41) is 14.5. The van der Waals surface area contributed by atoms with E-state index in [4.69, 9.17) is 4.74 Å². The molecule has 196 valence electrons. The summed E-state index contributed by atoms with van der Waals surface area (Å²) in [6, 6.07) is 2.27. The van der Waals surface area contributed by atoms with Gasteiger partial charge >= 0.3 is 0 Å². The second-order valence-corrected chi connectivity index (χ2v) is 10.2. The first-order valence-corrected chi connectivity index (χ1v) is 12.7. The number of aromatic nitrogens is 5. The van der Waals surface area contributed by atoms with E-state index in [1.165, 1.54) is 30.3 Å². The molecule has 3 heterocycles. The van der Waals surface area contributed by atoms with Gasteiger partial charge in [0.05, 0.1) is 31.1 Å². The van der Waals surface area contributed by atoms with Crippen molar-refractivity contribution in [3.8, 4) is 5.88 Å². The Hall–Kier alpha value is -3.76. The molecule has 2 aliphatic rings. The van der Waals surface area contributed by atoms with E-state index < -0.39 is 11.9 Å². The number of halogens is 1. The van der Waals surface area contributed by atoms with Crippen LogP contribution in [0.2, 0.25) is 0 Å². The average Bonchev–Trinajstić information content (AvgIpc) is 3.80. The van der Waals surface area contributed by atoms with Gasteiger partial charge in [0.25, 0.3) is 5.91 Å². The summed E-state index contributed by atoms with van der Waals surface area (Å²) in [6.45, 7) is 4.00. The van der Waals surface area contributed by atoms with Crippen LogP contribution in [0.25, 0.3) is 0 Å². The van der Waals surface area contributed by atoms with Gasteiger partial charge in [0.1, 0.15) is 17.6 Å². The fourth-order valence-corrected chi connectivity index (χ4v) is 5.02. The van der Waals surface area contributed by atoms with Crippen molar-refractivity contribution in [2.75, 3.05) is 12.4 Å². The van der Waals surface area contributed by atoms with Crippen molar-refractivity contribution in [3.05, 3.63) is 54.0 Å². The van der Waals surface area contributed by atoms with Gasteiger partial charge in [0.2, 0.25) is 11.8 Å². The van der Waals surface area contributed by atoms with E-state index in [9.17, 15) is 14.0 Å². The number of hydrogen-bond acceptors (Lipinski definition) is 6. The fraction of sp³-hybridized carbons (Fsp3) is 0.500. The summed E-state index contributed by atoms with van der Waals surface area (Å²) in [5.41, 5.74) is 1.16. The zero-order chi connectivity index (χ0) is 26.1. The van der Waals surface area contributed by atoms with Crippen LogP contribution in [-0.2, 0) is 11.3 Å². The van der Waals surface area contributed by atoms with Crippen LogP contribution in [0.5, 0.6) is 5.88 Å². The molecule has 2 amide bonds. The summed E-state index contributed by atoms with van der Waals surface area (Å²) >= 11 is 0. The Morgan fingerprint density at radius 1 is 1.14 bits per heavy atom. The largest absolute Gasteiger partial charge is 0.481 e. The highest BCUT2D eigenvalue weighted by Gasteiger charge is 2.48. The van der Waals surface area contributed by atoms with E-state index in [2.05, 4.69) is 25.8 Å². The Balaban J connectivity index is 1.33. The Morgan fingerprint density at radius 3 is 2.51 bits per heavy atom. The van der Waals surface area contributed by atoms with E-state index >= 15 is 0 Å². The van der Waals surface area contributed by atoms with E-state index in [0.29, 0.717) is 23.2 Å². The molecule has 0 spiro atoms. The standard InChI is InChI=1S/C26H32FN7O3/c1-15(2)34-21(9-11-29-34)24(35)32-23(22(16-4-5-16)17-6-7-17)25(36)31-18-12-30-33(13-18)14-19-20(27)8-10-28-26(19)37-3/h8-13,15-17,22-23H,4-7,14H2,1-3H3,(H,31,36)(H,32,35)/t23-/m0/s1. The van der Waals surface area contributed by atoms with Crippen LogP contribution in [0.4, 0.5) is 10.1 Å². The first-order chi connectivity index (χ1) is 17.9. The van der Waals surface area contributed by atoms with E-state index in [-0.39, 0.29) is 41.8 Å². The molecule has 3 aromatic heterocycles. The van der Waals surface area contributed by atoms with Gasteiger partial charge in [-0.3, -0.25) is 19.0 Å². The molecular weight excluding hydrogens is 477 g/mol. The number of pyridine rings is 1. The highest BCUT2D eigenvalue weighted by molar-refractivity contribution is 6.00. The van der Waals surface area contributed by atoms with Gasteiger partial charge in [-0.25, -0.2) is 9.37 Å². The SMILES string of the molecule is COc1nccc(F)c1Cn1cc(NC(=O)[C@@H](NC(=O)c2ccnn2C(C)C)C(C2CC2)C2CC2)cn1. The molecule has 1 atom stereocenters. The van der Waals surface area contributed by atoms with Crippen molar-refractivity contribution in [2.24, 2.45) is 17.8 Å². The van der Waals surface area contributed by atoms with Crippen LogP contribution >= 0.6 is 0 Å². The first-order valence-electron chi connectivity index (χ1n) is 12.7. The van der Waals surface area contributed by atoms with Gasteiger partial charge < -0.3 is 15.4 Å². The lowest BCUT2D eigenvalue weighted by Crippen LogP contribution is -2.50. The number of methoxy groups -OCH3 is 1. The quantitative estimate of drug-likeness (QED) is 0.409. The summed E-state index contributed by atoms with van der Waals surface area (Å²) in [5.74, 6) is 0.0898. The smallest absolute Gasteiger partial charge is 0.270 e. The van der Waals surface area contributed by atoms with Crippen molar-refractivity contribution in [3.63, 3.8) is 0 Å². The third-order valence-electron chi connectivity index (χ3n) is 7.05. The first kappa shape index (κ1) is 24.9. The van der Waals surface area contributed by atoms with Crippen molar-refractivity contribution in [1.29, 1.82) is 0 Å². The van der Waals surface area contributed by atoms with Crippen LogP contribution in [0.3, 0.4) is 0 Å². The van der Waals surface area contributed by atoms with Crippen LogP contribution in [0, 0.1) is 23.6 Å². The molecule has 0 aliphatic heterocycles. The Bertz CT molecular complexity index is 1270. The Kier molecular flexibility index (Phi) is 6.94. The van der Waals surface area contributed by atoms with Crippen molar-refractivity contribution in [2.45, 2.75) is 58.2 Å². The summed E-state index contributed by atoms with van der Waals surface area (Å²) in [4.78, 5) is 30.9. The van der Waals surface area contributed by atoms with Crippen LogP contribution in [0.15, 0.2) is 36.9 Å². The second kappa shape index (κ2) is 10.3. The molecule has 2 fully saturated rings. The normalized spacial score (nSPS) is 16.2. The third-order valence-corrected chi connectivity index (χ3v) is 7.05. The average molecular weight is 510 g/mol. The minimum Gasteiger partial charge on any atom is -0.481 e. The number of carbonyl (C=O) groups is 2. The Labute approximate surface area is 214 Å². The molecule has 0 unspecified atom stereocenters. The zero-order valence-electron chi connectivity index (χ0n) is 21.2. The van der Waals surface area contributed by atoms with Crippen LogP contribution < -0.4 is 15.4 Å². The molecule has 0 aromatic carbocycles. The topological polar surface area (TPSA) is 116 Å². The maximum absolute atomic E-state index is 14.3. The predicted molar refractivity (Wildman–Crippen MR) is 134 cm³/mol. The van der Waals surface area contributed by atoms with Gasteiger partial charge in [-0.2, -0.15) is 10.2 Å². The summed E-state index contributed by atoms with van der Waals surface area (Å²) in [6.07, 6.45) is 10.3. The van der Waals surface area contributed by atoms with Crippen molar-refractivity contribution < 1.29 is 18.7 Å². The number of ether oxygens (including phenoxy) is 1. The summed E-state index contributed by atoms with van der Waals surface area (Å²) in [7, 11) is 1.43. The van der Waals surface area contributed by atoms with Gasteiger partial charge in [-0.1, -0.05) is 0 Å². The minimum absolute atomic E-state index is 0.0137. The molecule has 5 rings (SSSR count). The van der Waals surface area contributed by atoms with Crippen molar-refractivity contribution >= 4 is 17.5 Å². The molecule has 2 N–H and O–H groups in total. The van der Waals surface area contributed by atoms with E-state index in [1.54, 1.807) is 23.1 Å². The highest BCUT2D eigenvalue weighted by atomic mass is 19.1. The maximum Gasteiger partial charge on any atom is 0.270 e. The van der Waals surface area contributed by atoms with Gasteiger partial charge in [0, 0.05) is 24.6 Å². The second-order valence-electron chi connectivity index (χ2n) is 10.2. The lowest BCUT2D eigenvalue weighted by Gasteiger charge is -2.27. The van der Waals surface area contributed by atoms with Gasteiger partial charge in [0.15, 0.2) is 0 Å². The molecule has 10 nitrogen and oxygen atoms in total. The fourth-order valence-electron chi connectivity index (χ4n) is 5.02. The maximum atomic E-state index is 14.3. The molecular formula is C26H32FN7O3. The number of amides is 2. The molecule has 0 saturated heterocycles. The van der Waals surface area contributed by atoms with Gasteiger partial charge in [-0.15, -0.1) is 0 Å². The molecule has 37 heavy (non-hydrogen) atoms. The number of hydrogen-bond donors (Lipinski definition) is 2. The third kappa shape index (κ3) is 5.50. The number of carbonyl (C=O) groups excluding carboxylic acids is 2. The molecule has 0 bridgehead atoms. The van der Waals surface area contributed by atoms with Crippen LogP contribution in [0.1, 0.15) is 61.6 Å². The lowest BCUT2D eigenvalue weighted by atomic mass is 9.88. The molecule has 3 aromatic rings. The molecule has 0 radical (unpaired) electrons. The molecule has 2 saturated carbocycles. The van der Waals surface area contributed by atoms with Crippen LogP contribution in [-0.4, -0.2) is 49.5 Å². The number of nitrogens with zero attached hydrogens (tertiary/aromatic N) is 5. The zero-order valence-corrected chi connectivity index (χ0v) is 21.2. The number of rotatable bonds is 11.